The largest absolute Gasteiger partial charge is 0.310 e. The zero-order valence-corrected chi connectivity index (χ0v) is 59.1. The van der Waals surface area contributed by atoms with Gasteiger partial charge in [0.15, 0.2) is 0 Å². The normalized spacial score (nSPS) is 15.3. The van der Waals surface area contributed by atoms with Gasteiger partial charge in [0.2, 0.25) is 6.71 Å². The van der Waals surface area contributed by atoms with Gasteiger partial charge in [-0.15, -0.1) is 0 Å². The summed E-state index contributed by atoms with van der Waals surface area (Å²) in [5.41, 5.74) is 33.6. The van der Waals surface area contributed by atoms with Crippen molar-refractivity contribution in [1.82, 2.24) is 4.57 Å². The molecule has 0 saturated carbocycles. The Bertz CT molecular complexity index is 6960. The van der Waals surface area contributed by atoms with E-state index in [2.05, 4.69) is 329 Å². The first-order valence-corrected chi connectivity index (χ1v) is 37.5. The molecule has 6 aliphatic rings. The number of benzene rings is 16. The van der Waals surface area contributed by atoms with Gasteiger partial charge in [-0.25, -0.2) is 0 Å². The third-order valence-corrected chi connectivity index (χ3v) is 25.3. The fourth-order valence-corrected chi connectivity index (χ4v) is 21.1. The molecule has 0 atom stereocenters. The van der Waals surface area contributed by atoms with Crippen molar-refractivity contribution in [2.24, 2.45) is 0 Å². The first-order chi connectivity index (χ1) is 55.5. The Labute approximate surface area is 633 Å². The van der Waals surface area contributed by atoms with Crippen molar-refractivity contribution in [3.05, 3.63) is 402 Å². The fraction of sp³-hybridized carbons (Fsp3) is 0.0588. The number of hydrogen-bond acceptors (Lipinski definition) is 2. The van der Waals surface area contributed by atoms with Gasteiger partial charge < -0.3 is 9.47 Å². The Balaban J connectivity index is 0.871. The van der Waals surface area contributed by atoms with Crippen LogP contribution >= 0.6 is 11.8 Å². The van der Waals surface area contributed by atoms with Crippen LogP contribution in [-0.4, -0.2) is 11.3 Å². The SMILES string of the molecule is [2H]c1c([2H])c([2H])c2c(c1[2H])c1c([2H])c([2H])c([2H])c([2H])c1n2-c1cc2c3c(c1)N(c1c(-c4ccccc4)cc(C(C)(C)C)cc1-c1ccccc1)c1cc(-c4ccc5c(c4)-c4ccccc4C54c5ccccc5-c5ccccc54)ccc1B3c1ccc3c(c1S2)-c1cc(-c2ccccc2)ccc1C31c2ccccc2-c2ccccc21. The van der Waals surface area contributed by atoms with Crippen molar-refractivity contribution in [3.8, 4) is 94.7 Å². The van der Waals surface area contributed by atoms with Crippen LogP contribution in [-0.2, 0) is 16.2 Å². The lowest BCUT2D eigenvalue weighted by Gasteiger charge is -2.43. The molecule has 0 saturated heterocycles. The Hall–Kier alpha value is -12.5. The molecule has 0 unspecified atom stereocenters. The Kier molecular flexibility index (Phi) is 10.9. The average molecular weight is 1370 g/mol. The van der Waals surface area contributed by atoms with Crippen LogP contribution in [0.25, 0.3) is 117 Å². The molecule has 1 aromatic heterocycles. The molecule has 4 heteroatoms. The zero-order chi connectivity index (χ0) is 76.9. The molecular weight excluding hydrogens is 1300 g/mol. The van der Waals surface area contributed by atoms with E-state index in [1.165, 1.54) is 77.9 Å². The minimum Gasteiger partial charge on any atom is -0.310 e. The quantitative estimate of drug-likeness (QED) is 0.153. The summed E-state index contributed by atoms with van der Waals surface area (Å²) in [7, 11) is 0. The van der Waals surface area contributed by atoms with E-state index in [1.807, 2.05) is 0 Å². The lowest BCUT2D eigenvalue weighted by atomic mass is 9.34. The minimum atomic E-state index is -0.719. The van der Waals surface area contributed by atoms with E-state index in [-0.39, 0.29) is 51.4 Å². The molecule has 0 fully saturated rings. The summed E-state index contributed by atoms with van der Waals surface area (Å²) in [6, 6.07) is 109. The minimum absolute atomic E-state index is 0.0166. The van der Waals surface area contributed by atoms with Crippen LogP contribution < -0.4 is 21.3 Å². The highest BCUT2D eigenvalue weighted by molar-refractivity contribution is 8.00. The van der Waals surface area contributed by atoms with Crippen LogP contribution in [0, 0.1) is 0 Å². The molecule has 16 aromatic carbocycles. The fourth-order valence-electron chi connectivity index (χ4n) is 19.7. The second-order valence-corrected chi connectivity index (χ2v) is 31.3. The summed E-state index contributed by atoms with van der Waals surface area (Å²) in [5.74, 6) is 0. The topological polar surface area (TPSA) is 8.17 Å². The van der Waals surface area contributed by atoms with E-state index in [9.17, 15) is 11.0 Å². The van der Waals surface area contributed by atoms with Gasteiger partial charge in [-0.05, 0) is 193 Å². The van der Waals surface area contributed by atoms with Crippen molar-refractivity contribution in [2.45, 2.75) is 46.8 Å². The number of rotatable bonds is 6. The number of aromatic nitrogens is 1. The maximum absolute atomic E-state index is 10.1. The Morgan fingerprint density at radius 3 is 1.29 bits per heavy atom. The van der Waals surface area contributed by atoms with Crippen molar-refractivity contribution >= 4 is 73.7 Å². The van der Waals surface area contributed by atoms with Crippen LogP contribution in [0.5, 0.6) is 0 Å². The van der Waals surface area contributed by atoms with Crippen LogP contribution in [0.4, 0.5) is 17.1 Å². The van der Waals surface area contributed by atoms with E-state index < -0.39 is 41.7 Å². The average Bonchev–Trinajstić information content (AvgIpc) is 1.35. The summed E-state index contributed by atoms with van der Waals surface area (Å²) >= 11 is 1.72. The van der Waals surface area contributed by atoms with Crippen molar-refractivity contribution in [1.29, 1.82) is 0 Å². The highest BCUT2D eigenvalue weighted by atomic mass is 32.2. The summed E-state index contributed by atoms with van der Waals surface area (Å²) in [6.07, 6.45) is 0. The summed E-state index contributed by atoms with van der Waals surface area (Å²) in [6.45, 7) is 6.37. The molecule has 0 bridgehead atoms. The second kappa shape index (κ2) is 22.0. The molecule has 2 spiro atoms. The predicted octanol–water partition coefficient (Wildman–Crippen LogP) is 24.2. The zero-order valence-electron chi connectivity index (χ0n) is 66.2. The van der Waals surface area contributed by atoms with E-state index in [4.69, 9.17) is 0 Å². The van der Waals surface area contributed by atoms with Gasteiger partial charge in [-0.2, -0.15) is 0 Å². The van der Waals surface area contributed by atoms with Gasteiger partial charge >= 0.3 is 0 Å². The Morgan fingerprint density at radius 1 is 0.340 bits per heavy atom. The molecule has 17 aromatic rings. The molecule has 0 radical (unpaired) electrons. The number of para-hydroxylation sites is 2. The number of hydrogen-bond donors (Lipinski definition) is 0. The van der Waals surface area contributed by atoms with Gasteiger partial charge in [0.1, 0.15) is 0 Å². The molecular formula is C102H67BN2S. The molecule has 106 heavy (non-hydrogen) atoms. The van der Waals surface area contributed by atoms with E-state index in [0.29, 0.717) is 5.69 Å². The van der Waals surface area contributed by atoms with Gasteiger partial charge in [-0.3, -0.25) is 0 Å². The monoisotopic (exact) mass is 1370 g/mol. The van der Waals surface area contributed by atoms with Crippen molar-refractivity contribution < 1.29 is 11.0 Å². The predicted molar refractivity (Wildman–Crippen MR) is 444 cm³/mol. The molecule has 3 heterocycles. The summed E-state index contributed by atoms with van der Waals surface area (Å²) < 4.78 is 78.9. The lowest BCUT2D eigenvalue weighted by Crippen LogP contribution is -2.60. The Morgan fingerprint density at radius 2 is 0.755 bits per heavy atom. The third-order valence-electron chi connectivity index (χ3n) is 24.1. The number of anilines is 3. The highest BCUT2D eigenvalue weighted by Gasteiger charge is 2.55. The van der Waals surface area contributed by atoms with Gasteiger partial charge in [0, 0.05) is 54.3 Å². The highest BCUT2D eigenvalue weighted by Crippen LogP contribution is 2.67. The standard InChI is InChI=1S/C102H67BN2S/c1-100(2,3)68-58-77(63-29-9-5-10-30-63)98(78(59-68)64-31-11-6-12-32-64)105-93-57-67(66-48-50-86-79(55-66)74-37-17-24-44-85(74)101(86)81-40-20-13-33-70(81)71-34-14-21-41-82(71)101)49-53-89(93)103-90-54-52-88-96(99(90)106-95-61-69(60-94(105)97(95)103)104-91-45-25-18-38-75(91)76-39-19-26-46-92(76)104)80-56-65(62-27-7-4-8-28-62)47-51-87(80)102(88)83-42-22-15-35-72(83)73-36-16-23-43-84(73)102/h4-61H,1-3H3/i18D,19D,25D,26D,38D,39D,45D,46D. The molecule has 0 amide bonds. The van der Waals surface area contributed by atoms with E-state index in [0.717, 1.165) is 104 Å². The van der Waals surface area contributed by atoms with E-state index >= 15 is 0 Å². The summed E-state index contributed by atoms with van der Waals surface area (Å²) in [5, 5.41) is 0.0331. The molecule has 23 rings (SSSR count). The van der Waals surface area contributed by atoms with Crippen LogP contribution in [0.2, 0.25) is 0 Å². The first kappa shape index (κ1) is 52.5. The van der Waals surface area contributed by atoms with Crippen molar-refractivity contribution in [3.63, 3.8) is 0 Å². The molecule has 4 aliphatic carbocycles. The second-order valence-electron chi connectivity index (χ2n) is 30.2. The van der Waals surface area contributed by atoms with E-state index in [1.54, 1.807) is 16.3 Å². The van der Waals surface area contributed by atoms with Gasteiger partial charge in [-0.1, -0.05) is 335 Å². The van der Waals surface area contributed by atoms with Crippen LogP contribution in [0.15, 0.2) is 361 Å². The lowest BCUT2D eigenvalue weighted by molar-refractivity contribution is 0.591. The molecule has 2 aliphatic heterocycles. The number of fused-ring (bicyclic) bond motifs is 28. The van der Waals surface area contributed by atoms with Crippen LogP contribution in [0.3, 0.4) is 0 Å². The molecule has 494 valence electrons. The smallest absolute Gasteiger partial charge is 0.249 e. The number of nitrogens with zero attached hydrogens (tertiary/aromatic N) is 2. The molecule has 0 N–H and O–H groups in total. The third kappa shape index (κ3) is 7.98. The van der Waals surface area contributed by atoms with Gasteiger partial charge in [0.05, 0.1) is 38.5 Å². The maximum atomic E-state index is 10.1. The van der Waals surface area contributed by atoms with Gasteiger partial charge in [0.25, 0.3) is 0 Å². The summed E-state index contributed by atoms with van der Waals surface area (Å²) in [4.78, 5) is 4.45. The van der Waals surface area contributed by atoms with Crippen LogP contribution in [0.1, 0.15) is 81.8 Å². The molecule has 2 nitrogen and oxygen atoms in total. The first-order valence-electron chi connectivity index (χ1n) is 40.7. The maximum Gasteiger partial charge on any atom is 0.249 e. The van der Waals surface area contributed by atoms with Crippen molar-refractivity contribution in [2.75, 3.05) is 4.90 Å².